The molecule has 1 aromatic heterocycles. The molecule has 0 saturated carbocycles. The molecule has 1 N–H and O–H groups in total. The summed E-state index contributed by atoms with van der Waals surface area (Å²) in [4.78, 5) is 16.4. The van der Waals surface area contributed by atoms with Crippen LogP contribution in [0.3, 0.4) is 0 Å². The SMILES string of the molecule is CN(c1ncc([N+](=O)[O-])cc1C#N)C1CC2CCC(C1)N2. The van der Waals surface area contributed by atoms with Gasteiger partial charge in [-0.3, -0.25) is 10.1 Å². The third kappa shape index (κ3) is 2.54. The first-order valence-electron chi connectivity index (χ1n) is 7.12. The Kier molecular flexibility index (Phi) is 3.47. The van der Waals surface area contributed by atoms with Gasteiger partial charge < -0.3 is 10.2 Å². The van der Waals surface area contributed by atoms with Crippen LogP contribution < -0.4 is 10.2 Å². The molecule has 0 aromatic carbocycles. The molecule has 1 aromatic rings. The molecule has 2 atom stereocenters. The van der Waals surface area contributed by atoms with Crippen molar-refractivity contribution in [2.45, 2.75) is 43.8 Å². The van der Waals surface area contributed by atoms with E-state index in [-0.39, 0.29) is 11.3 Å². The summed E-state index contributed by atoms with van der Waals surface area (Å²) in [5, 5.41) is 23.6. The summed E-state index contributed by atoms with van der Waals surface area (Å²) in [5.41, 5.74) is 0.117. The number of hydrogen-bond acceptors (Lipinski definition) is 6. The first kappa shape index (κ1) is 13.8. The Balaban J connectivity index is 1.86. The number of nitrogens with zero attached hydrogens (tertiary/aromatic N) is 4. The van der Waals surface area contributed by atoms with E-state index in [4.69, 9.17) is 0 Å². The van der Waals surface area contributed by atoms with Gasteiger partial charge in [-0.2, -0.15) is 5.26 Å². The van der Waals surface area contributed by atoms with E-state index in [0.29, 0.717) is 23.9 Å². The fourth-order valence-corrected chi connectivity index (χ4v) is 3.43. The number of pyridine rings is 1. The lowest BCUT2D eigenvalue weighted by Crippen LogP contribution is -2.47. The van der Waals surface area contributed by atoms with Gasteiger partial charge in [0.15, 0.2) is 0 Å². The molecule has 0 spiro atoms. The lowest BCUT2D eigenvalue weighted by molar-refractivity contribution is -0.385. The summed E-state index contributed by atoms with van der Waals surface area (Å²) in [6, 6.07) is 4.73. The highest BCUT2D eigenvalue weighted by Crippen LogP contribution is 2.32. The largest absolute Gasteiger partial charge is 0.355 e. The first-order chi connectivity index (χ1) is 10.1. The zero-order chi connectivity index (χ0) is 15.0. The minimum atomic E-state index is -0.525. The van der Waals surface area contributed by atoms with Gasteiger partial charge >= 0.3 is 0 Å². The zero-order valence-corrected chi connectivity index (χ0v) is 11.8. The lowest BCUT2D eigenvalue weighted by Gasteiger charge is -2.36. The van der Waals surface area contributed by atoms with Crippen LogP contribution in [0.1, 0.15) is 31.2 Å². The molecule has 2 aliphatic heterocycles. The summed E-state index contributed by atoms with van der Waals surface area (Å²) in [6.07, 6.45) is 5.68. The van der Waals surface area contributed by atoms with E-state index >= 15 is 0 Å². The molecule has 2 aliphatic rings. The maximum Gasteiger partial charge on any atom is 0.289 e. The number of piperidine rings is 1. The molecule has 7 nitrogen and oxygen atoms in total. The second-order valence-electron chi connectivity index (χ2n) is 5.81. The molecule has 3 rings (SSSR count). The van der Waals surface area contributed by atoms with Gasteiger partial charge in [-0.15, -0.1) is 0 Å². The summed E-state index contributed by atoms with van der Waals surface area (Å²) >= 11 is 0. The number of nitro groups is 1. The molecular formula is C14H17N5O2. The number of anilines is 1. The first-order valence-corrected chi connectivity index (χ1v) is 7.12. The van der Waals surface area contributed by atoms with Crippen LogP contribution in [0, 0.1) is 21.4 Å². The number of nitrogens with one attached hydrogen (secondary N) is 1. The van der Waals surface area contributed by atoms with Gasteiger partial charge in [-0.05, 0) is 25.7 Å². The fraction of sp³-hybridized carbons (Fsp3) is 0.571. The Bertz CT molecular complexity index is 600. The van der Waals surface area contributed by atoms with Gasteiger partial charge in [-0.1, -0.05) is 0 Å². The van der Waals surface area contributed by atoms with Crippen LogP contribution in [-0.2, 0) is 0 Å². The van der Waals surface area contributed by atoms with E-state index < -0.39 is 4.92 Å². The second-order valence-corrected chi connectivity index (χ2v) is 5.81. The van der Waals surface area contributed by atoms with Crippen LogP contribution in [0.5, 0.6) is 0 Å². The average Bonchev–Trinajstić information content (AvgIpc) is 2.84. The van der Waals surface area contributed by atoms with E-state index in [2.05, 4.69) is 10.3 Å². The number of hydrogen-bond donors (Lipinski definition) is 1. The summed E-state index contributed by atoms with van der Waals surface area (Å²) < 4.78 is 0. The maximum absolute atomic E-state index is 10.8. The Morgan fingerprint density at radius 3 is 2.71 bits per heavy atom. The van der Waals surface area contributed by atoms with Gasteiger partial charge in [-0.25, -0.2) is 4.98 Å². The molecule has 110 valence electrons. The number of aromatic nitrogens is 1. The summed E-state index contributed by atoms with van der Waals surface area (Å²) in [6.45, 7) is 0. The Morgan fingerprint density at radius 2 is 2.14 bits per heavy atom. The zero-order valence-electron chi connectivity index (χ0n) is 11.8. The van der Waals surface area contributed by atoms with Crippen molar-refractivity contribution >= 4 is 11.5 Å². The highest BCUT2D eigenvalue weighted by Gasteiger charge is 2.36. The maximum atomic E-state index is 10.8. The molecule has 0 aliphatic carbocycles. The van der Waals surface area contributed by atoms with Gasteiger partial charge in [0.05, 0.1) is 4.92 Å². The van der Waals surface area contributed by atoms with Crippen molar-refractivity contribution in [1.29, 1.82) is 5.26 Å². The second kappa shape index (κ2) is 5.30. The van der Waals surface area contributed by atoms with Crippen molar-refractivity contribution in [3.63, 3.8) is 0 Å². The van der Waals surface area contributed by atoms with Crippen molar-refractivity contribution < 1.29 is 4.92 Å². The van der Waals surface area contributed by atoms with Crippen molar-refractivity contribution in [2.24, 2.45) is 0 Å². The monoisotopic (exact) mass is 287 g/mol. The van der Waals surface area contributed by atoms with Crippen molar-refractivity contribution in [2.75, 3.05) is 11.9 Å². The van der Waals surface area contributed by atoms with Crippen LogP contribution in [0.15, 0.2) is 12.3 Å². The van der Waals surface area contributed by atoms with Crippen molar-refractivity contribution in [3.8, 4) is 6.07 Å². The molecule has 3 heterocycles. The van der Waals surface area contributed by atoms with Crippen LogP contribution in [-0.4, -0.2) is 35.1 Å². The van der Waals surface area contributed by atoms with E-state index in [1.807, 2.05) is 18.0 Å². The van der Waals surface area contributed by atoms with Gasteiger partial charge in [0.2, 0.25) is 0 Å². The van der Waals surface area contributed by atoms with Gasteiger partial charge in [0.25, 0.3) is 5.69 Å². The molecule has 0 amide bonds. The lowest BCUT2D eigenvalue weighted by atomic mass is 9.98. The van der Waals surface area contributed by atoms with Crippen molar-refractivity contribution in [1.82, 2.24) is 10.3 Å². The Labute approximate surface area is 122 Å². The van der Waals surface area contributed by atoms with E-state index in [1.54, 1.807) is 0 Å². The Hall–Kier alpha value is -2.20. The number of nitriles is 1. The topological polar surface area (TPSA) is 95.1 Å². The average molecular weight is 287 g/mol. The van der Waals surface area contributed by atoms with Crippen LogP contribution in [0.25, 0.3) is 0 Å². The smallest absolute Gasteiger partial charge is 0.289 e. The molecule has 21 heavy (non-hydrogen) atoms. The highest BCUT2D eigenvalue weighted by molar-refractivity contribution is 5.57. The number of rotatable bonds is 3. The van der Waals surface area contributed by atoms with Crippen LogP contribution >= 0.6 is 0 Å². The quantitative estimate of drug-likeness (QED) is 0.670. The molecular weight excluding hydrogens is 270 g/mol. The van der Waals surface area contributed by atoms with Gasteiger partial charge in [0.1, 0.15) is 23.6 Å². The molecule has 0 radical (unpaired) electrons. The number of fused-ring (bicyclic) bond motifs is 2. The predicted molar refractivity (Wildman–Crippen MR) is 77.0 cm³/mol. The predicted octanol–water partition coefficient (Wildman–Crippen LogP) is 1.58. The highest BCUT2D eigenvalue weighted by atomic mass is 16.6. The van der Waals surface area contributed by atoms with Gasteiger partial charge in [0, 0.05) is 31.2 Å². The molecule has 7 heteroatoms. The van der Waals surface area contributed by atoms with E-state index in [9.17, 15) is 15.4 Å². The van der Waals surface area contributed by atoms with E-state index in [1.165, 1.54) is 25.1 Å². The minimum absolute atomic E-state index is 0.144. The van der Waals surface area contributed by atoms with Crippen LogP contribution in [0.4, 0.5) is 11.5 Å². The normalized spacial score (nSPS) is 27.1. The van der Waals surface area contributed by atoms with E-state index in [0.717, 1.165) is 12.8 Å². The van der Waals surface area contributed by atoms with Crippen molar-refractivity contribution in [3.05, 3.63) is 27.9 Å². The molecule has 2 fully saturated rings. The fourth-order valence-electron chi connectivity index (χ4n) is 3.43. The third-order valence-corrected chi connectivity index (χ3v) is 4.51. The Morgan fingerprint density at radius 1 is 1.48 bits per heavy atom. The summed E-state index contributed by atoms with van der Waals surface area (Å²) in [5.74, 6) is 0.536. The summed E-state index contributed by atoms with van der Waals surface area (Å²) in [7, 11) is 1.92. The standard InChI is InChI=1S/C14H17N5O2/c1-18(12-5-10-2-3-11(6-12)17-10)14-9(7-15)4-13(8-16-14)19(20)21/h4,8,10-12,17H,2-3,5-6H2,1H3. The molecule has 2 saturated heterocycles. The van der Waals surface area contributed by atoms with Crippen LogP contribution in [0.2, 0.25) is 0 Å². The molecule has 2 bridgehead atoms. The minimum Gasteiger partial charge on any atom is -0.355 e. The third-order valence-electron chi connectivity index (χ3n) is 4.51. The molecule has 2 unspecified atom stereocenters.